The van der Waals surface area contributed by atoms with Crippen molar-refractivity contribution in [3.63, 3.8) is 0 Å². The molecule has 1 heterocycles. The van der Waals surface area contributed by atoms with Gasteiger partial charge in [0.25, 0.3) is 5.91 Å². The highest BCUT2D eigenvalue weighted by molar-refractivity contribution is 6.32. The standard InChI is InChI=1S/C23H17Cl2N3O2/c24-15-10-11-18-19(12-15)27-22(29)20(13-26-18)28-23(30)21(14-6-2-1-3-7-14)16-8-4-5-9-17(16)25/h1-13,20-21H,(H,27,29)(H,28,30)/t20-,21+/m0/s1. The van der Waals surface area contributed by atoms with Crippen molar-refractivity contribution in [3.8, 4) is 0 Å². The maximum absolute atomic E-state index is 13.3. The number of anilines is 1. The largest absolute Gasteiger partial charge is 0.339 e. The minimum atomic E-state index is -0.947. The summed E-state index contributed by atoms with van der Waals surface area (Å²) in [7, 11) is 0. The molecular weight excluding hydrogens is 421 g/mol. The lowest BCUT2D eigenvalue weighted by Gasteiger charge is -2.21. The van der Waals surface area contributed by atoms with Crippen LogP contribution in [0.1, 0.15) is 17.0 Å². The van der Waals surface area contributed by atoms with Crippen LogP contribution in [-0.4, -0.2) is 24.1 Å². The molecule has 3 aromatic rings. The average Bonchev–Trinajstić information content (AvgIpc) is 2.89. The van der Waals surface area contributed by atoms with Crippen molar-refractivity contribution < 1.29 is 9.59 Å². The number of nitrogens with zero attached hydrogens (tertiary/aromatic N) is 1. The Kier molecular flexibility index (Phi) is 5.84. The van der Waals surface area contributed by atoms with E-state index in [9.17, 15) is 9.59 Å². The summed E-state index contributed by atoms with van der Waals surface area (Å²) in [5.41, 5.74) is 2.48. The van der Waals surface area contributed by atoms with E-state index in [4.69, 9.17) is 23.2 Å². The second-order valence-electron chi connectivity index (χ2n) is 6.78. The SMILES string of the molecule is O=C(N[C@H]1C=Nc2ccc(Cl)cc2NC1=O)[C@H](c1ccccc1)c1ccccc1Cl. The Bertz CT molecular complexity index is 1130. The average molecular weight is 438 g/mol. The molecule has 5 nitrogen and oxygen atoms in total. The first-order chi connectivity index (χ1) is 14.5. The zero-order valence-corrected chi connectivity index (χ0v) is 17.2. The zero-order chi connectivity index (χ0) is 21.1. The smallest absolute Gasteiger partial charge is 0.252 e. The molecule has 150 valence electrons. The molecule has 1 aliphatic heterocycles. The van der Waals surface area contributed by atoms with E-state index in [1.807, 2.05) is 36.4 Å². The van der Waals surface area contributed by atoms with Crippen LogP contribution >= 0.6 is 23.2 Å². The molecule has 3 aromatic carbocycles. The number of benzene rings is 3. The third kappa shape index (κ3) is 4.22. The third-order valence-corrected chi connectivity index (χ3v) is 5.35. The molecule has 0 fully saturated rings. The van der Waals surface area contributed by atoms with Crippen LogP contribution in [0.15, 0.2) is 77.8 Å². The van der Waals surface area contributed by atoms with Crippen molar-refractivity contribution in [3.05, 3.63) is 94.0 Å². The number of hydrogen-bond acceptors (Lipinski definition) is 3. The predicted octanol–water partition coefficient (Wildman–Crippen LogP) is 4.96. The molecule has 7 heteroatoms. The summed E-state index contributed by atoms with van der Waals surface area (Å²) < 4.78 is 0. The van der Waals surface area contributed by atoms with E-state index in [0.29, 0.717) is 27.0 Å². The third-order valence-electron chi connectivity index (χ3n) is 4.77. The van der Waals surface area contributed by atoms with E-state index in [2.05, 4.69) is 15.6 Å². The van der Waals surface area contributed by atoms with Gasteiger partial charge >= 0.3 is 0 Å². The van der Waals surface area contributed by atoms with E-state index < -0.39 is 17.9 Å². The van der Waals surface area contributed by atoms with E-state index in [0.717, 1.165) is 5.56 Å². The number of amides is 2. The first-order valence-electron chi connectivity index (χ1n) is 9.27. The lowest BCUT2D eigenvalue weighted by molar-refractivity contribution is -0.125. The van der Waals surface area contributed by atoms with Crippen molar-refractivity contribution in [1.29, 1.82) is 0 Å². The molecule has 2 atom stereocenters. The zero-order valence-electron chi connectivity index (χ0n) is 15.7. The molecular formula is C23H17Cl2N3O2. The van der Waals surface area contributed by atoms with Gasteiger partial charge in [-0.3, -0.25) is 14.6 Å². The Hall–Kier alpha value is -3.15. The Morgan fingerprint density at radius 3 is 2.50 bits per heavy atom. The first kappa shape index (κ1) is 20.1. The van der Waals surface area contributed by atoms with Gasteiger partial charge in [-0.15, -0.1) is 0 Å². The molecule has 4 rings (SSSR count). The van der Waals surface area contributed by atoms with Gasteiger partial charge < -0.3 is 10.6 Å². The van der Waals surface area contributed by atoms with E-state index >= 15 is 0 Å². The summed E-state index contributed by atoms with van der Waals surface area (Å²) in [5, 5.41) is 6.51. The summed E-state index contributed by atoms with van der Waals surface area (Å²) in [6.07, 6.45) is 1.42. The monoisotopic (exact) mass is 437 g/mol. The molecule has 30 heavy (non-hydrogen) atoms. The summed E-state index contributed by atoms with van der Waals surface area (Å²) in [4.78, 5) is 30.3. The Morgan fingerprint density at radius 1 is 1.00 bits per heavy atom. The maximum atomic E-state index is 13.3. The quantitative estimate of drug-likeness (QED) is 0.604. The van der Waals surface area contributed by atoms with Crippen LogP contribution < -0.4 is 10.6 Å². The minimum Gasteiger partial charge on any atom is -0.339 e. The normalized spacial score (nSPS) is 16.2. The second kappa shape index (κ2) is 8.69. The van der Waals surface area contributed by atoms with Crippen molar-refractivity contribution in [2.45, 2.75) is 12.0 Å². The fourth-order valence-corrected chi connectivity index (χ4v) is 3.74. The predicted molar refractivity (Wildman–Crippen MR) is 120 cm³/mol. The van der Waals surface area contributed by atoms with Crippen LogP contribution in [0.3, 0.4) is 0 Å². The van der Waals surface area contributed by atoms with Crippen LogP contribution in [0.5, 0.6) is 0 Å². The molecule has 0 radical (unpaired) electrons. The van der Waals surface area contributed by atoms with Crippen molar-refractivity contribution >= 4 is 52.6 Å². The molecule has 2 amide bonds. The fraction of sp³-hybridized carbons (Fsp3) is 0.0870. The fourth-order valence-electron chi connectivity index (χ4n) is 3.32. The number of fused-ring (bicyclic) bond motifs is 1. The lowest BCUT2D eigenvalue weighted by Crippen LogP contribution is -2.46. The summed E-state index contributed by atoms with van der Waals surface area (Å²) in [6, 6.07) is 20.5. The maximum Gasteiger partial charge on any atom is 0.252 e. The van der Waals surface area contributed by atoms with Crippen molar-refractivity contribution in [1.82, 2.24) is 5.32 Å². The number of nitrogens with one attached hydrogen (secondary N) is 2. The molecule has 0 spiro atoms. The molecule has 0 saturated carbocycles. The Morgan fingerprint density at radius 2 is 1.73 bits per heavy atom. The van der Waals surface area contributed by atoms with Gasteiger partial charge in [-0.25, -0.2) is 0 Å². The van der Waals surface area contributed by atoms with Crippen LogP contribution in [-0.2, 0) is 9.59 Å². The van der Waals surface area contributed by atoms with E-state index in [1.165, 1.54) is 6.21 Å². The van der Waals surface area contributed by atoms with E-state index in [-0.39, 0.29) is 5.91 Å². The van der Waals surface area contributed by atoms with E-state index in [1.54, 1.807) is 36.4 Å². The van der Waals surface area contributed by atoms with Gasteiger partial charge in [-0.05, 0) is 35.4 Å². The van der Waals surface area contributed by atoms with Crippen molar-refractivity contribution in [2.75, 3.05) is 5.32 Å². The number of halogens is 2. The highest BCUT2D eigenvalue weighted by Crippen LogP contribution is 2.32. The number of carbonyl (C=O) groups is 2. The van der Waals surface area contributed by atoms with Crippen LogP contribution in [0.25, 0.3) is 0 Å². The molecule has 0 aromatic heterocycles. The topological polar surface area (TPSA) is 70.6 Å². The van der Waals surface area contributed by atoms with Gasteiger partial charge in [0.2, 0.25) is 5.91 Å². The lowest BCUT2D eigenvalue weighted by atomic mass is 9.90. The molecule has 2 N–H and O–H groups in total. The summed E-state index contributed by atoms with van der Waals surface area (Å²) >= 11 is 12.4. The summed E-state index contributed by atoms with van der Waals surface area (Å²) in [6.45, 7) is 0. The summed E-state index contributed by atoms with van der Waals surface area (Å²) in [5.74, 6) is -1.44. The van der Waals surface area contributed by atoms with Crippen molar-refractivity contribution in [2.24, 2.45) is 4.99 Å². The van der Waals surface area contributed by atoms with Crippen LogP contribution in [0.4, 0.5) is 11.4 Å². The molecule has 0 unspecified atom stereocenters. The van der Waals surface area contributed by atoms with Crippen LogP contribution in [0, 0.1) is 0 Å². The molecule has 0 saturated heterocycles. The number of hydrogen-bond donors (Lipinski definition) is 2. The molecule has 0 bridgehead atoms. The highest BCUT2D eigenvalue weighted by atomic mass is 35.5. The number of carbonyl (C=O) groups excluding carboxylic acids is 2. The second-order valence-corrected chi connectivity index (χ2v) is 7.62. The van der Waals surface area contributed by atoms with Gasteiger partial charge in [-0.2, -0.15) is 0 Å². The van der Waals surface area contributed by atoms with Gasteiger partial charge in [0, 0.05) is 16.3 Å². The number of rotatable bonds is 4. The Balaban J connectivity index is 1.63. The van der Waals surface area contributed by atoms with Gasteiger partial charge in [0.15, 0.2) is 0 Å². The van der Waals surface area contributed by atoms with Gasteiger partial charge in [0.1, 0.15) is 6.04 Å². The Labute approximate surface area is 183 Å². The minimum absolute atomic E-state index is 0.357. The first-order valence-corrected chi connectivity index (χ1v) is 10.0. The number of aliphatic imine (C=N–C) groups is 1. The molecule has 0 aliphatic carbocycles. The van der Waals surface area contributed by atoms with Gasteiger partial charge in [0.05, 0.1) is 17.3 Å². The van der Waals surface area contributed by atoms with Crippen LogP contribution in [0.2, 0.25) is 10.0 Å². The van der Waals surface area contributed by atoms with Gasteiger partial charge in [-0.1, -0.05) is 71.7 Å². The highest BCUT2D eigenvalue weighted by Gasteiger charge is 2.29. The molecule has 1 aliphatic rings.